The van der Waals surface area contributed by atoms with Crippen LogP contribution in [0.15, 0.2) is 48.5 Å². The minimum atomic E-state index is -0.590. The number of benzene rings is 2. The Morgan fingerprint density at radius 2 is 1.62 bits per heavy atom. The molecule has 2 unspecified atom stereocenters. The Bertz CT molecular complexity index is 727. The van der Waals surface area contributed by atoms with Crippen molar-refractivity contribution in [2.24, 2.45) is 5.92 Å². The number of hydrogen-bond donors (Lipinski definition) is 1. The highest BCUT2D eigenvalue weighted by Gasteiger charge is 2.29. The van der Waals surface area contributed by atoms with Crippen molar-refractivity contribution in [2.75, 3.05) is 27.3 Å². The number of aliphatic hydroxyl groups is 1. The van der Waals surface area contributed by atoms with Crippen molar-refractivity contribution in [3.8, 4) is 11.5 Å². The predicted molar refractivity (Wildman–Crippen MR) is 99.6 cm³/mol. The molecular formula is C21H25NO4. The molecule has 2 aromatic rings. The number of amides is 1. The molecule has 1 saturated heterocycles. The van der Waals surface area contributed by atoms with E-state index in [9.17, 15) is 9.90 Å². The fraction of sp³-hybridized carbons (Fsp3) is 0.381. The van der Waals surface area contributed by atoms with Gasteiger partial charge < -0.3 is 19.5 Å². The normalized spacial score (nSPS) is 18.3. The van der Waals surface area contributed by atoms with E-state index in [2.05, 4.69) is 0 Å². The first-order valence-electron chi connectivity index (χ1n) is 8.87. The Morgan fingerprint density at radius 1 is 1.04 bits per heavy atom. The molecule has 0 saturated carbocycles. The van der Waals surface area contributed by atoms with Gasteiger partial charge in [0.15, 0.2) is 0 Å². The lowest BCUT2D eigenvalue weighted by atomic mass is 9.88. The van der Waals surface area contributed by atoms with Crippen molar-refractivity contribution in [3.63, 3.8) is 0 Å². The maximum Gasteiger partial charge on any atom is 0.253 e. The summed E-state index contributed by atoms with van der Waals surface area (Å²) in [6.07, 6.45) is 1.20. The van der Waals surface area contributed by atoms with Crippen LogP contribution in [0.2, 0.25) is 0 Å². The second-order valence-electron chi connectivity index (χ2n) is 6.60. The molecule has 0 aromatic heterocycles. The first-order chi connectivity index (χ1) is 12.6. The number of piperidine rings is 1. The molecule has 1 heterocycles. The zero-order valence-electron chi connectivity index (χ0n) is 15.2. The van der Waals surface area contributed by atoms with Crippen molar-refractivity contribution in [3.05, 3.63) is 59.7 Å². The van der Waals surface area contributed by atoms with E-state index in [0.717, 1.165) is 36.4 Å². The van der Waals surface area contributed by atoms with Crippen LogP contribution in [-0.4, -0.2) is 43.2 Å². The van der Waals surface area contributed by atoms with E-state index >= 15 is 0 Å². The van der Waals surface area contributed by atoms with E-state index in [1.165, 1.54) is 0 Å². The van der Waals surface area contributed by atoms with Crippen LogP contribution in [0.3, 0.4) is 0 Å². The number of carbonyl (C=O) groups excluding carboxylic acids is 1. The highest BCUT2D eigenvalue weighted by Crippen LogP contribution is 2.31. The van der Waals surface area contributed by atoms with Crippen molar-refractivity contribution in [2.45, 2.75) is 18.9 Å². The minimum absolute atomic E-state index is 0.000663. The molecule has 3 rings (SSSR count). The van der Waals surface area contributed by atoms with Crippen LogP contribution >= 0.6 is 0 Å². The first-order valence-corrected chi connectivity index (χ1v) is 8.87. The van der Waals surface area contributed by atoms with Gasteiger partial charge in [-0.1, -0.05) is 12.1 Å². The van der Waals surface area contributed by atoms with Gasteiger partial charge >= 0.3 is 0 Å². The average molecular weight is 355 g/mol. The van der Waals surface area contributed by atoms with Crippen LogP contribution in [0.1, 0.15) is 34.9 Å². The molecule has 1 aliphatic heterocycles. The van der Waals surface area contributed by atoms with E-state index in [-0.39, 0.29) is 11.8 Å². The van der Waals surface area contributed by atoms with Crippen LogP contribution in [0.25, 0.3) is 0 Å². The van der Waals surface area contributed by atoms with Gasteiger partial charge in [-0.2, -0.15) is 0 Å². The van der Waals surface area contributed by atoms with Gasteiger partial charge in [0, 0.05) is 24.6 Å². The van der Waals surface area contributed by atoms with E-state index in [1.54, 1.807) is 38.5 Å². The van der Waals surface area contributed by atoms with Crippen molar-refractivity contribution in [1.82, 2.24) is 4.90 Å². The third-order valence-electron chi connectivity index (χ3n) is 4.99. The zero-order valence-corrected chi connectivity index (χ0v) is 15.2. The molecule has 0 radical (unpaired) electrons. The summed E-state index contributed by atoms with van der Waals surface area (Å²) in [5, 5.41) is 10.8. The van der Waals surface area contributed by atoms with Crippen LogP contribution < -0.4 is 9.47 Å². The summed E-state index contributed by atoms with van der Waals surface area (Å²) in [5.41, 5.74) is 1.50. The summed E-state index contributed by atoms with van der Waals surface area (Å²) < 4.78 is 10.3. The van der Waals surface area contributed by atoms with Crippen LogP contribution in [0.4, 0.5) is 0 Å². The lowest BCUT2D eigenvalue weighted by Crippen LogP contribution is -2.41. The summed E-state index contributed by atoms with van der Waals surface area (Å²) in [5.74, 6) is 1.52. The van der Waals surface area contributed by atoms with Gasteiger partial charge in [-0.3, -0.25) is 4.79 Å². The zero-order chi connectivity index (χ0) is 18.5. The molecular weight excluding hydrogens is 330 g/mol. The molecule has 0 aliphatic carbocycles. The van der Waals surface area contributed by atoms with Crippen LogP contribution in [0.5, 0.6) is 11.5 Å². The van der Waals surface area contributed by atoms with E-state index < -0.39 is 6.10 Å². The van der Waals surface area contributed by atoms with Crippen LogP contribution in [-0.2, 0) is 0 Å². The number of nitrogens with zero attached hydrogens (tertiary/aromatic N) is 1. The SMILES string of the molecule is COc1ccc(C(=O)N2CCCC(C(O)c3ccc(OC)cc3)C2)cc1. The van der Waals surface area contributed by atoms with Crippen molar-refractivity contribution in [1.29, 1.82) is 0 Å². The van der Waals surface area contributed by atoms with Gasteiger partial charge in [0.25, 0.3) is 5.91 Å². The van der Waals surface area contributed by atoms with Gasteiger partial charge in [-0.15, -0.1) is 0 Å². The lowest BCUT2D eigenvalue weighted by molar-refractivity contribution is 0.0401. The largest absolute Gasteiger partial charge is 0.497 e. The average Bonchev–Trinajstić information content (AvgIpc) is 2.73. The molecule has 138 valence electrons. The standard InChI is InChI=1S/C21H25NO4/c1-25-18-9-5-15(6-10-18)20(23)17-4-3-13-22(14-17)21(24)16-7-11-19(26-2)12-8-16/h5-12,17,20,23H,3-4,13-14H2,1-2H3. The second kappa shape index (κ2) is 8.23. The summed E-state index contributed by atoms with van der Waals surface area (Å²) in [4.78, 5) is 14.6. The molecule has 5 nitrogen and oxygen atoms in total. The number of ether oxygens (including phenoxy) is 2. The van der Waals surface area contributed by atoms with Crippen molar-refractivity contribution >= 4 is 5.91 Å². The van der Waals surface area contributed by atoms with E-state index in [4.69, 9.17) is 9.47 Å². The third-order valence-corrected chi connectivity index (χ3v) is 4.99. The Morgan fingerprint density at radius 3 is 2.19 bits per heavy atom. The predicted octanol–water partition coefficient (Wildman–Crippen LogP) is 3.29. The maximum absolute atomic E-state index is 12.8. The molecule has 1 amide bonds. The second-order valence-corrected chi connectivity index (χ2v) is 6.60. The van der Waals surface area contributed by atoms with Gasteiger partial charge in [0.1, 0.15) is 11.5 Å². The molecule has 1 N–H and O–H groups in total. The Kier molecular flexibility index (Phi) is 5.78. The molecule has 5 heteroatoms. The fourth-order valence-electron chi connectivity index (χ4n) is 3.44. The molecule has 0 spiro atoms. The number of carbonyl (C=O) groups is 1. The summed E-state index contributed by atoms with van der Waals surface area (Å²) in [6, 6.07) is 14.6. The van der Waals surface area contributed by atoms with Crippen molar-refractivity contribution < 1.29 is 19.4 Å². The quantitative estimate of drug-likeness (QED) is 0.894. The Hall–Kier alpha value is -2.53. The van der Waals surface area contributed by atoms with Crippen LogP contribution in [0, 0.1) is 5.92 Å². The molecule has 1 fully saturated rings. The molecule has 2 aromatic carbocycles. The number of aliphatic hydroxyl groups excluding tert-OH is 1. The molecule has 2 atom stereocenters. The van der Waals surface area contributed by atoms with Gasteiger partial charge in [-0.05, 0) is 54.8 Å². The van der Waals surface area contributed by atoms with E-state index in [0.29, 0.717) is 12.1 Å². The van der Waals surface area contributed by atoms with Gasteiger partial charge in [0.05, 0.1) is 20.3 Å². The topological polar surface area (TPSA) is 59.0 Å². The number of hydrogen-bond acceptors (Lipinski definition) is 4. The molecule has 1 aliphatic rings. The van der Waals surface area contributed by atoms with Gasteiger partial charge in [-0.25, -0.2) is 0 Å². The van der Waals surface area contributed by atoms with Gasteiger partial charge in [0.2, 0.25) is 0 Å². The smallest absolute Gasteiger partial charge is 0.253 e. The Balaban J connectivity index is 1.68. The Labute approximate surface area is 154 Å². The number of rotatable bonds is 5. The number of likely N-dealkylation sites (tertiary alicyclic amines) is 1. The summed E-state index contributed by atoms with van der Waals surface area (Å²) >= 11 is 0. The fourth-order valence-corrected chi connectivity index (χ4v) is 3.44. The third kappa shape index (κ3) is 3.99. The summed E-state index contributed by atoms with van der Waals surface area (Å²) in [6.45, 7) is 1.27. The molecule has 26 heavy (non-hydrogen) atoms. The minimum Gasteiger partial charge on any atom is -0.497 e. The highest BCUT2D eigenvalue weighted by atomic mass is 16.5. The lowest BCUT2D eigenvalue weighted by Gasteiger charge is -2.35. The van der Waals surface area contributed by atoms with E-state index in [1.807, 2.05) is 29.2 Å². The monoisotopic (exact) mass is 355 g/mol. The maximum atomic E-state index is 12.8. The highest BCUT2D eigenvalue weighted by molar-refractivity contribution is 5.94. The molecule has 0 bridgehead atoms. The first kappa shape index (κ1) is 18.3. The number of methoxy groups -OCH3 is 2. The summed E-state index contributed by atoms with van der Waals surface area (Å²) in [7, 11) is 3.22.